The molecule has 0 radical (unpaired) electrons. The SMILES string of the molecule is CNC1CCN(c2nc(C(F)F)no2)CC1. The molecular weight excluding hydrogens is 218 g/mol. The second-order valence-electron chi connectivity index (χ2n) is 3.79. The van der Waals surface area contributed by atoms with Crippen LogP contribution in [0.15, 0.2) is 4.52 Å². The summed E-state index contributed by atoms with van der Waals surface area (Å²) in [5.74, 6) is -0.536. The van der Waals surface area contributed by atoms with Crippen LogP contribution in [-0.2, 0) is 0 Å². The monoisotopic (exact) mass is 232 g/mol. The van der Waals surface area contributed by atoms with Crippen molar-refractivity contribution in [2.45, 2.75) is 25.3 Å². The second kappa shape index (κ2) is 4.73. The molecule has 7 heteroatoms. The van der Waals surface area contributed by atoms with Gasteiger partial charge in [-0.25, -0.2) is 8.78 Å². The lowest BCUT2D eigenvalue weighted by Gasteiger charge is -2.30. The average molecular weight is 232 g/mol. The highest BCUT2D eigenvalue weighted by Gasteiger charge is 2.23. The fourth-order valence-corrected chi connectivity index (χ4v) is 1.80. The minimum Gasteiger partial charge on any atom is -0.324 e. The van der Waals surface area contributed by atoms with Crippen LogP contribution in [0.1, 0.15) is 25.1 Å². The maximum absolute atomic E-state index is 12.3. The van der Waals surface area contributed by atoms with Crippen molar-refractivity contribution >= 4 is 6.01 Å². The van der Waals surface area contributed by atoms with E-state index in [1.807, 2.05) is 11.9 Å². The molecule has 16 heavy (non-hydrogen) atoms. The third-order valence-electron chi connectivity index (χ3n) is 2.80. The summed E-state index contributed by atoms with van der Waals surface area (Å²) >= 11 is 0. The largest absolute Gasteiger partial charge is 0.324 e. The van der Waals surface area contributed by atoms with Crippen molar-refractivity contribution in [1.82, 2.24) is 15.5 Å². The van der Waals surface area contributed by atoms with E-state index in [4.69, 9.17) is 4.52 Å². The number of hydrogen-bond donors (Lipinski definition) is 1. The fourth-order valence-electron chi connectivity index (χ4n) is 1.80. The Morgan fingerprint density at radius 2 is 2.12 bits per heavy atom. The van der Waals surface area contributed by atoms with Crippen LogP contribution in [0.25, 0.3) is 0 Å². The summed E-state index contributed by atoms with van der Waals surface area (Å²) in [5, 5.41) is 6.42. The van der Waals surface area contributed by atoms with Crippen molar-refractivity contribution in [1.29, 1.82) is 0 Å². The molecule has 0 aromatic carbocycles. The third kappa shape index (κ3) is 2.29. The van der Waals surface area contributed by atoms with E-state index in [1.54, 1.807) is 0 Å². The number of nitrogens with one attached hydrogen (secondary N) is 1. The van der Waals surface area contributed by atoms with Gasteiger partial charge in [0.2, 0.25) is 5.82 Å². The summed E-state index contributed by atoms with van der Waals surface area (Å²) in [6, 6.07) is 0.679. The Kier molecular flexibility index (Phi) is 3.33. The zero-order valence-electron chi connectivity index (χ0n) is 8.99. The molecule has 0 spiro atoms. The van der Waals surface area contributed by atoms with Gasteiger partial charge >= 0.3 is 12.4 Å². The van der Waals surface area contributed by atoms with E-state index in [0.29, 0.717) is 6.04 Å². The number of halogens is 2. The Balaban J connectivity index is 1.97. The third-order valence-corrected chi connectivity index (χ3v) is 2.80. The number of aromatic nitrogens is 2. The van der Waals surface area contributed by atoms with Crippen LogP contribution in [0.3, 0.4) is 0 Å². The van der Waals surface area contributed by atoms with Crippen LogP contribution in [0.5, 0.6) is 0 Å². The number of anilines is 1. The Hall–Kier alpha value is -1.24. The van der Waals surface area contributed by atoms with Crippen molar-refractivity contribution in [3.8, 4) is 0 Å². The Labute approximate surface area is 91.8 Å². The summed E-state index contributed by atoms with van der Waals surface area (Å²) in [7, 11) is 1.92. The van der Waals surface area contributed by atoms with Crippen LogP contribution < -0.4 is 10.2 Å². The first-order chi connectivity index (χ1) is 7.70. The van der Waals surface area contributed by atoms with Crippen molar-refractivity contribution in [2.24, 2.45) is 0 Å². The molecule has 2 heterocycles. The van der Waals surface area contributed by atoms with Crippen LogP contribution in [0.2, 0.25) is 0 Å². The number of nitrogens with zero attached hydrogens (tertiary/aromatic N) is 3. The summed E-state index contributed by atoms with van der Waals surface area (Å²) in [6.07, 6.45) is -0.779. The highest BCUT2D eigenvalue weighted by molar-refractivity contribution is 5.26. The molecule has 2 rings (SSSR count). The summed E-state index contributed by atoms with van der Waals surface area (Å²) in [6.45, 7) is 1.49. The molecule has 0 atom stereocenters. The van der Waals surface area contributed by atoms with Gasteiger partial charge in [0.25, 0.3) is 0 Å². The van der Waals surface area contributed by atoms with Gasteiger partial charge in [0.15, 0.2) is 0 Å². The molecule has 1 N–H and O–H groups in total. The summed E-state index contributed by atoms with van der Waals surface area (Å²) in [4.78, 5) is 5.50. The number of alkyl halides is 2. The van der Waals surface area contributed by atoms with Gasteiger partial charge in [0.05, 0.1) is 0 Å². The molecule has 0 unspecified atom stereocenters. The second-order valence-corrected chi connectivity index (χ2v) is 3.79. The molecule has 0 aliphatic carbocycles. The van der Waals surface area contributed by atoms with E-state index in [0.717, 1.165) is 25.9 Å². The number of piperidine rings is 1. The van der Waals surface area contributed by atoms with E-state index in [-0.39, 0.29) is 6.01 Å². The van der Waals surface area contributed by atoms with Gasteiger partial charge in [-0.05, 0) is 19.9 Å². The first kappa shape index (κ1) is 11.3. The van der Waals surface area contributed by atoms with Crippen LogP contribution >= 0.6 is 0 Å². The van der Waals surface area contributed by atoms with Gasteiger partial charge < -0.3 is 14.7 Å². The molecule has 0 bridgehead atoms. The van der Waals surface area contributed by atoms with Crippen LogP contribution in [0.4, 0.5) is 14.8 Å². The lowest BCUT2D eigenvalue weighted by Crippen LogP contribution is -2.41. The van der Waals surface area contributed by atoms with Crippen molar-refractivity contribution in [3.63, 3.8) is 0 Å². The topological polar surface area (TPSA) is 54.2 Å². The molecule has 1 aromatic rings. The first-order valence-electron chi connectivity index (χ1n) is 5.24. The molecule has 0 amide bonds. The fraction of sp³-hybridized carbons (Fsp3) is 0.778. The van der Waals surface area contributed by atoms with Crippen molar-refractivity contribution in [2.75, 3.05) is 25.0 Å². The molecule has 1 aliphatic rings. The van der Waals surface area contributed by atoms with E-state index in [2.05, 4.69) is 15.5 Å². The van der Waals surface area contributed by atoms with Gasteiger partial charge in [0.1, 0.15) is 0 Å². The minimum absolute atomic E-state index is 0.199. The highest BCUT2D eigenvalue weighted by atomic mass is 19.3. The summed E-state index contributed by atoms with van der Waals surface area (Å²) < 4.78 is 29.3. The molecule has 1 aromatic heterocycles. The molecule has 90 valence electrons. The predicted octanol–water partition coefficient (Wildman–Crippen LogP) is 1.20. The quantitative estimate of drug-likeness (QED) is 0.848. The Morgan fingerprint density at radius 1 is 1.44 bits per heavy atom. The zero-order valence-corrected chi connectivity index (χ0v) is 8.99. The Bertz CT molecular complexity index is 336. The minimum atomic E-state index is -2.67. The van der Waals surface area contributed by atoms with Crippen LogP contribution in [-0.4, -0.2) is 36.3 Å². The van der Waals surface area contributed by atoms with E-state index in [9.17, 15) is 8.78 Å². The lowest BCUT2D eigenvalue weighted by molar-refractivity contribution is 0.136. The van der Waals surface area contributed by atoms with Gasteiger partial charge in [-0.3, -0.25) is 0 Å². The Morgan fingerprint density at radius 3 is 2.62 bits per heavy atom. The predicted molar refractivity (Wildman–Crippen MR) is 53.5 cm³/mol. The smallest absolute Gasteiger partial charge is 0.324 e. The van der Waals surface area contributed by atoms with Gasteiger partial charge in [0, 0.05) is 19.1 Å². The number of rotatable bonds is 3. The molecule has 5 nitrogen and oxygen atoms in total. The molecular formula is C9H14F2N4O. The average Bonchev–Trinajstić information content (AvgIpc) is 2.78. The van der Waals surface area contributed by atoms with E-state index >= 15 is 0 Å². The van der Waals surface area contributed by atoms with Gasteiger partial charge in [-0.1, -0.05) is 5.16 Å². The van der Waals surface area contributed by atoms with Crippen LogP contribution in [0, 0.1) is 0 Å². The number of hydrogen-bond acceptors (Lipinski definition) is 5. The van der Waals surface area contributed by atoms with E-state index < -0.39 is 12.2 Å². The van der Waals surface area contributed by atoms with Crippen molar-refractivity contribution in [3.05, 3.63) is 5.82 Å². The molecule has 1 saturated heterocycles. The highest BCUT2D eigenvalue weighted by Crippen LogP contribution is 2.21. The molecule has 1 aliphatic heterocycles. The molecule has 0 saturated carbocycles. The molecule has 1 fully saturated rings. The summed E-state index contributed by atoms with van der Waals surface area (Å²) in [5.41, 5.74) is 0. The maximum Gasteiger partial charge on any atom is 0.324 e. The normalized spacial score (nSPS) is 18.4. The maximum atomic E-state index is 12.3. The van der Waals surface area contributed by atoms with Crippen molar-refractivity contribution < 1.29 is 13.3 Å². The lowest BCUT2D eigenvalue weighted by atomic mass is 10.1. The first-order valence-corrected chi connectivity index (χ1v) is 5.24. The standard InChI is InChI=1S/C9H14F2N4O/c1-12-6-2-4-15(5-3-6)9-13-8(7(10)11)14-16-9/h6-7,12H,2-5H2,1H3. The van der Waals surface area contributed by atoms with Gasteiger partial charge in [-0.15, -0.1) is 0 Å². The van der Waals surface area contributed by atoms with Gasteiger partial charge in [-0.2, -0.15) is 4.98 Å². The van der Waals surface area contributed by atoms with E-state index in [1.165, 1.54) is 0 Å². The zero-order chi connectivity index (χ0) is 11.5.